The molecule has 2 heterocycles. The summed E-state index contributed by atoms with van der Waals surface area (Å²) in [5.41, 5.74) is 1.62. The van der Waals surface area contributed by atoms with Crippen molar-refractivity contribution in [1.29, 1.82) is 0 Å². The zero-order valence-corrected chi connectivity index (χ0v) is 10.5. The second kappa shape index (κ2) is 6.25. The summed E-state index contributed by atoms with van der Waals surface area (Å²) in [5.74, 6) is 1.23. The third-order valence-corrected chi connectivity index (χ3v) is 2.30. The van der Waals surface area contributed by atoms with Gasteiger partial charge in [-0.3, -0.25) is 4.98 Å². The van der Waals surface area contributed by atoms with Crippen molar-refractivity contribution in [3.63, 3.8) is 0 Å². The minimum Gasteiger partial charge on any atom is -0.393 e. The molecule has 0 saturated carbocycles. The number of hydrogen-bond acceptors (Lipinski definition) is 6. The number of aromatic nitrogens is 4. The lowest BCUT2D eigenvalue weighted by molar-refractivity contribution is 1.01. The highest BCUT2D eigenvalue weighted by Crippen LogP contribution is 2.14. The maximum absolute atomic E-state index is 4.12. The van der Waals surface area contributed by atoms with E-state index in [0.717, 1.165) is 11.3 Å². The lowest BCUT2D eigenvalue weighted by atomic mass is 10.2. The van der Waals surface area contributed by atoms with Gasteiger partial charge in [0.2, 0.25) is 0 Å². The topological polar surface area (TPSA) is 75.6 Å². The van der Waals surface area contributed by atoms with Crippen molar-refractivity contribution in [2.24, 2.45) is 0 Å². The first-order valence-corrected chi connectivity index (χ1v) is 5.70. The quantitative estimate of drug-likeness (QED) is 0.792. The molecule has 6 heteroatoms. The Hall–Kier alpha value is -2.76. The predicted molar refractivity (Wildman–Crippen MR) is 74.6 cm³/mol. The average Bonchev–Trinajstić information content (AvgIpc) is 2.47. The van der Waals surface area contributed by atoms with Crippen LogP contribution in [0.5, 0.6) is 0 Å². The number of nitrogens with one attached hydrogen (secondary N) is 2. The fraction of sp³-hybridized carbons (Fsp3) is 0.0769. The summed E-state index contributed by atoms with van der Waals surface area (Å²) in [5, 5.41) is 14.2. The number of allylic oxidation sites excluding steroid dienone is 2. The van der Waals surface area contributed by atoms with Crippen molar-refractivity contribution in [2.45, 2.75) is 0 Å². The van der Waals surface area contributed by atoms with E-state index in [4.69, 9.17) is 0 Å². The Morgan fingerprint density at radius 3 is 2.68 bits per heavy atom. The number of rotatable bonds is 5. The Morgan fingerprint density at radius 2 is 2.11 bits per heavy atom. The van der Waals surface area contributed by atoms with Gasteiger partial charge in [-0.05, 0) is 12.1 Å². The molecule has 0 amide bonds. The zero-order valence-electron chi connectivity index (χ0n) is 10.5. The molecule has 0 bridgehead atoms. The summed E-state index contributed by atoms with van der Waals surface area (Å²) in [7, 11) is 1.82. The molecule has 2 aromatic rings. The largest absolute Gasteiger partial charge is 0.393 e. The highest BCUT2D eigenvalue weighted by Gasteiger charge is 2.02. The van der Waals surface area contributed by atoms with Gasteiger partial charge in [-0.15, -0.1) is 10.2 Å². The maximum Gasteiger partial charge on any atom is 0.154 e. The van der Waals surface area contributed by atoms with E-state index in [-0.39, 0.29) is 0 Å². The maximum atomic E-state index is 4.12. The molecule has 0 aliphatic heterocycles. The lowest BCUT2D eigenvalue weighted by Crippen LogP contribution is -2.01. The van der Waals surface area contributed by atoms with Gasteiger partial charge in [0.05, 0.1) is 11.9 Å². The minimum atomic E-state index is 0.608. The van der Waals surface area contributed by atoms with E-state index in [1.54, 1.807) is 24.7 Å². The monoisotopic (exact) mass is 254 g/mol. The van der Waals surface area contributed by atoms with Crippen molar-refractivity contribution in [3.05, 3.63) is 55.3 Å². The Bertz CT molecular complexity index is 561. The van der Waals surface area contributed by atoms with Gasteiger partial charge >= 0.3 is 0 Å². The van der Waals surface area contributed by atoms with Crippen molar-refractivity contribution < 1.29 is 0 Å². The summed E-state index contributed by atoms with van der Waals surface area (Å²) >= 11 is 0. The fourth-order valence-electron chi connectivity index (χ4n) is 1.44. The Kier molecular flexibility index (Phi) is 4.17. The van der Waals surface area contributed by atoms with Crippen molar-refractivity contribution in [1.82, 2.24) is 25.5 Å². The molecule has 6 nitrogen and oxygen atoms in total. The first kappa shape index (κ1) is 12.7. The van der Waals surface area contributed by atoms with E-state index in [1.807, 2.05) is 25.4 Å². The van der Waals surface area contributed by atoms with Crippen LogP contribution in [-0.2, 0) is 0 Å². The number of anilines is 2. The second-order valence-electron chi connectivity index (χ2n) is 3.61. The molecule has 2 aromatic heterocycles. The normalized spacial score (nSPS) is 10.9. The van der Waals surface area contributed by atoms with Crippen LogP contribution in [0.2, 0.25) is 0 Å². The molecule has 0 atom stereocenters. The molecule has 0 spiro atoms. The van der Waals surface area contributed by atoms with Crippen molar-refractivity contribution in [2.75, 3.05) is 12.4 Å². The number of nitrogens with zero attached hydrogens (tertiary/aromatic N) is 4. The first-order valence-electron chi connectivity index (χ1n) is 5.70. The van der Waals surface area contributed by atoms with Crippen molar-refractivity contribution in [3.8, 4) is 0 Å². The summed E-state index contributed by atoms with van der Waals surface area (Å²) in [6.07, 6.45) is 8.36. The third-order valence-electron chi connectivity index (χ3n) is 2.30. The molecular weight excluding hydrogens is 240 g/mol. The van der Waals surface area contributed by atoms with Gasteiger partial charge in [-0.1, -0.05) is 12.7 Å². The van der Waals surface area contributed by atoms with Gasteiger partial charge in [-0.25, -0.2) is 4.98 Å². The van der Waals surface area contributed by atoms with Crippen LogP contribution in [0.15, 0.2) is 49.6 Å². The average molecular weight is 254 g/mol. The second-order valence-corrected chi connectivity index (χ2v) is 3.61. The minimum absolute atomic E-state index is 0.608. The molecule has 0 radical (unpaired) electrons. The smallest absolute Gasteiger partial charge is 0.154 e. The molecule has 0 saturated heterocycles. The van der Waals surface area contributed by atoms with Gasteiger partial charge < -0.3 is 10.6 Å². The van der Waals surface area contributed by atoms with Crippen LogP contribution in [0.1, 0.15) is 5.69 Å². The molecule has 96 valence electrons. The molecule has 0 aliphatic carbocycles. The SMILES string of the molecule is C=C/C(=C\NC)c1ccc(Nc2cnccn2)nn1. The van der Waals surface area contributed by atoms with Gasteiger partial charge in [-0.2, -0.15) is 0 Å². The van der Waals surface area contributed by atoms with Crippen LogP contribution in [0, 0.1) is 0 Å². The molecule has 0 aliphatic rings. The van der Waals surface area contributed by atoms with E-state index in [1.165, 1.54) is 0 Å². The summed E-state index contributed by atoms with van der Waals surface area (Å²) < 4.78 is 0. The van der Waals surface area contributed by atoms with Crippen molar-refractivity contribution >= 4 is 17.2 Å². The summed E-state index contributed by atoms with van der Waals surface area (Å²) in [6.45, 7) is 3.74. The van der Waals surface area contributed by atoms with Gasteiger partial charge in [0.25, 0.3) is 0 Å². The van der Waals surface area contributed by atoms with Crippen LogP contribution in [0.3, 0.4) is 0 Å². The van der Waals surface area contributed by atoms with Crippen LogP contribution in [0.4, 0.5) is 11.6 Å². The van der Waals surface area contributed by atoms with E-state index < -0.39 is 0 Å². The standard InChI is InChI=1S/C13H14N6/c1-3-10(8-14-2)11-4-5-12(19-18-11)17-13-9-15-6-7-16-13/h3-9,14H,1H2,2H3,(H,16,17,19)/b10-8+. The lowest BCUT2D eigenvalue weighted by Gasteiger charge is -2.04. The summed E-state index contributed by atoms with van der Waals surface area (Å²) in [6, 6.07) is 3.68. The van der Waals surface area contributed by atoms with Crippen LogP contribution < -0.4 is 10.6 Å². The zero-order chi connectivity index (χ0) is 13.5. The van der Waals surface area contributed by atoms with Crippen LogP contribution in [0.25, 0.3) is 5.57 Å². The van der Waals surface area contributed by atoms with Gasteiger partial charge in [0.1, 0.15) is 5.82 Å². The fourth-order valence-corrected chi connectivity index (χ4v) is 1.44. The molecule has 19 heavy (non-hydrogen) atoms. The molecule has 0 aromatic carbocycles. The predicted octanol–water partition coefficient (Wildman–Crippen LogP) is 1.76. The third kappa shape index (κ3) is 3.35. The number of hydrogen-bond donors (Lipinski definition) is 2. The van der Waals surface area contributed by atoms with Gasteiger partial charge in [0, 0.05) is 31.2 Å². The molecule has 0 fully saturated rings. The Labute approximate surface area is 111 Å². The molecular formula is C13H14N6. The van der Waals surface area contributed by atoms with Crippen LogP contribution in [-0.4, -0.2) is 27.2 Å². The van der Waals surface area contributed by atoms with E-state index in [0.29, 0.717) is 11.6 Å². The first-order chi connectivity index (χ1) is 9.33. The van der Waals surface area contributed by atoms with Gasteiger partial charge in [0.15, 0.2) is 5.82 Å². The van der Waals surface area contributed by atoms with E-state index in [9.17, 15) is 0 Å². The Morgan fingerprint density at radius 1 is 1.21 bits per heavy atom. The molecule has 2 N–H and O–H groups in total. The highest BCUT2D eigenvalue weighted by molar-refractivity contribution is 5.70. The van der Waals surface area contributed by atoms with E-state index in [2.05, 4.69) is 37.4 Å². The summed E-state index contributed by atoms with van der Waals surface area (Å²) in [4.78, 5) is 8.06. The van der Waals surface area contributed by atoms with Crippen LogP contribution >= 0.6 is 0 Å². The molecule has 2 rings (SSSR count). The Balaban J connectivity index is 2.15. The molecule has 0 unspecified atom stereocenters. The van der Waals surface area contributed by atoms with E-state index >= 15 is 0 Å². The highest BCUT2D eigenvalue weighted by atomic mass is 15.2.